The molecule has 3 rings (SSSR count). The molecule has 1 aliphatic heterocycles. The summed E-state index contributed by atoms with van der Waals surface area (Å²) in [6, 6.07) is 9.40. The molecular formula is C18H27NO. The second-order valence-electron chi connectivity index (χ2n) is 6.60. The fourth-order valence-corrected chi connectivity index (χ4v) is 4.27. The molecule has 1 aromatic rings. The topological polar surface area (TPSA) is 12.5 Å². The molecule has 2 nitrogen and oxygen atoms in total. The Hall–Kier alpha value is -1.02. The van der Waals surface area contributed by atoms with Gasteiger partial charge in [-0.2, -0.15) is 0 Å². The van der Waals surface area contributed by atoms with E-state index in [9.17, 15) is 0 Å². The standard InChI is InChI=1S/C18H27NO/c1-19-12-11-15-5-3-4-6-17(15)18(19)13-14-7-9-16(20-2)10-8-14/h7-10,15,17-18H,3-6,11-13H2,1-2H3. The first-order chi connectivity index (χ1) is 9.78. The van der Waals surface area contributed by atoms with Crippen molar-refractivity contribution in [3.63, 3.8) is 0 Å². The lowest BCUT2D eigenvalue weighted by Crippen LogP contribution is -2.49. The minimum atomic E-state index is 0.738. The van der Waals surface area contributed by atoms with Gasteiger partial charge in [0.2, 0.25) is 0 Å². The maximum Gasteiger partial charge on any atom is 0.118 e. The highest BCUT2D eigenvalue weighted by Gasteiger charge is 2.37. The van der Waals surface area contributed by atoms with Gasteiger partial charge in [-0.3, -0.25) is 0 Å². The van der Waals surface area contributed by atoms with Gasteiger partial charge < -0.3 is 9.64 Å². The van der Waals surface area contributed by atoms with Crippen molar-refractivity contribution >= 4 is 0 Å². The van der Waals surface area contributed by atoms with Crippen molar-refractivity contribution < 1.29 is 4.74 Å². The van der Waals surface area contributed by atoms with Crippen LogP contribution < -0.4 is 4.74 Å². The minimum Gasteiger partial charge on any atom is -0.497 e. The Morgan fingerprint density at radius 3 is 2.60 bits per heavy atom. The molecule has 0 amide bonds. The summed E-state index contributed by atoms with van der Waals surface area (Å²) in [4.78, 5) is 2.61. The molecule has 3 atom stereocenters. The van der Waals surface area contributed by atoms with Crippen LogP contribution in [0.4, 0.5) is 0 Å². The number of hydrogen-bond donors (Lipinski definition) is 0. The van der Waals surface area contributed by atoms with Crippen molar-refractivity contribution in [2.75, 3.05) is 20.7 Å². The Morgan fingerprint density at radius 2 is 1.85 bits per heavy atom. The van der Waals surface area contributed by atoms with Gasteiger partial charge in [0.15, 0.2) is 0 Å². The lowest BCUT2D eigenvalue weighted by atomic mass is 9.70. The van der Waals surface area contributed by atoms with Crippen molar-refractivity contribution in [3.8, 4) is 5.75 Å². The molecule has 1 aromatic carbocycles. The van der Waals surface area contributed by atoms with E-state index >= 15 is 0 Å². The Labute approximate surface area is 123 Å². The number of rotatable bonds is 3. The first-order valence-electron chi connectivity index (χ1n) is 8.11. The molecule has 2 aliphatic rings. The van der Waals surface area contributed by atoms with Gasteiger partial charge in [-0.05, 0) is 62.4 Å². The number of piperidine rings is 1. The van der Waals surface area contributed by atoms with E-state index in [2.05, 4.69) is 36.2 Å². The summed E-state index contributed by atoms with van der Waals surface area (Å²) in [7, 11) is 4.05. The number of hydrogen-bond acceptors (Lipinski definition) is 2. The highest BCUT2D eigenvalue weighted by atomic mass is 16.5. The summed E-state index contributed by atoms with van der Waals surface area (Å²) in [6.07, 6.45) is 8.42. The fourth-order valence-electron chi connectivity index (χ4n) is 4.27. The van der Waals surface area contributed by atoms with Crippen molar-refractivity contribution in [2.45, 2.75) is 44.6 Å². The summed E-state index contributed by atoms with van der Waals surface area (Å²) >= 11 is 0. The molecule has 2 heteroatoms. The Kier molecular flexibility index (Phi) is 4.30. The van der Waals surface area contributed by atoms with E-state index < -0.39 is 0 Å². The van der Waals surface area contributed by atoms with E-state index in [4.69, 9.17) is 4.74 Å². The smallest absolute Gasteiger partial charge is 0.118 e. The van der Waals surface area contributed by atoms with Crippen LogP contribution in [0.5, 0.6) is 5.75 Å². The average molecular weight is 273 g/mol. The first-order valence-corrected chi connectivity index (χ1v) is 8.11. The second-order valence-corrected chi connectivity index (χ2v) is 6.60. The number of methoxy groups -OCH3 is 1. The van der Waals surface area contributed by atoms with Gasteiger partial charge in [-0.25, -0.2) is 0 Å². The van der Waals surface area contributed by atoms with E-state index in [0.717, 1.165) is 23.6 Å². The maximum absolute atomic E-state index is 5.26. The second kappa shape index (κ2) is 6.17. The van der Waals surface area contributed by atoms with Crippen LogP contribution in [0.2, 0.25) is 0 Å². The molecule has 20 heavy (non-hydrogen) atoms. The molecule has 0 N–H and O–H groups in total. The largest absolute Gasteiger partial charge is 0.497 e. The third kappa shape index (κ3) is 2.85. The van der Waals surface area contributed by atoms with Crippen LogP contribution in [0, 0.1) is 11.8 Å². The Bertz CT molecular complexity index is 428. The van der Waals surface area contributed by atoms with Gasteiger partial charge in [0.05, 0.1) is 7.11 Å². The first kappa shape index (κ1) is 13.9. The lowest BCUT2D eigenvalue weighted by Gasteiger charge is -2.46. The number of benzene rings is 1. The molecule has 0 bridgehead atoms. The number of fused-ring (bicyclic) bond motifs is 1. The molecule has 0 spiro atoms. The zero-order chi connectivity index (χ0) is 13.9. The SMILES string of the molecule is COc1ccc(CC2C3CCCCC3CCN2C)cc1. The van der Waals surface area contributed by atoms with Crippen LogP contribution in [0.25, 0.3) is 0 Å². The zero-order valence-corrected chi connectivity index (χ0v) is 12.8. The van der Waals surface area contributed by atoms with Crippen molar-refractivity contribution in [1.82, 2.24) is 4.90 Å². The van der Waals surface area contributed by atoms with Gasteiger partial charge in [-0.1, -0.05) is 31.4 Å². The number of likely N-dealkylation sites (tertiary alicyclic amines) is 1. The van der Waals surface area contributed by atoms with Crippen molar-refractivity contribution in [1.29, 1.82) is 0 Å². The summed E-state index contributed by atoms with van der Waals surface area (Å²) in [5, 5.41) is 0. The summed E-state index contributed by atoms with van der Waals surface area (Å²) in [5.41, 5.74) is 1.45. The monoisotopic (exact) mass is 273 g/mol. The van der Waals surface area contributed by atoms with E-state index in [1.165, 1.54) is 50.6 Å². The zero-order valence-electron chi connectivity index (χ0n) is 12.8. The highest BCUT2D eigenvalue weighted by Crippen LogP contribution is 2.40. The van der Waals surface area contributed by atoms with Gasteiger partial charge in [0.25, 0.3) is 0 Å². The van der Waals surface area contributed by atoms with Gasteiger partial charge in [-0.15, -0.1) is 0 Å². The highest BCUT2D eigenvalue weighted by molar-refractivity contribution is 5.27. The third-order valence-corrected chi connectivity index (χ3v) is 5.48. The molecule has 1 saturated carbocycles. The quantitative estimate of drug-likeness (QED) is 0.831. The maximum atomic E-state index is 5.26. The van der Waals surface area contributed by atoms with E-state index in [-0.39, 0.29) is 0 Å². The molecule has 0 aromatic heterocycles. The minimum absolute atomic E-state index is 0.738. The molecule has 1 saturated heterocycles. The molecule has 2 fully saturated rings. The molecule has 3 unspecified atom stereocenters. The summed E-state index contributed by atoms with van der Waals surface area (Å²) < 4.78 is 5.26. The van der Waals surface area contributed by atoms with Crippen molar-refractivity contribution in [3.05, 3.63) is 29.8 Å². The van der Waals surface area contributed by atoms with Gasteiger partial charge in [0.1, 0.15) is 5.75 Å². The molecule has 110 valence electrons. The van der Waals surface area contributed by atoms with Crippen LogP contribution in [0.15, 0.2) is 24.3 Å². The number of likely N-dealkylation sites (N-methyl/N-ethyl adjacent to an activating group) is 1. The third-order valence-electron chi connectivity index (χ3n) is 5.48. The van der Waals surface area contributed by atoms with Crippen molar-refractivity contribution in [2.24, 2.45) is 11.8 Å². The van der Waals surface area contributed by atoms with E-state index in [0.29, 0.717) is 0 Å². The number of ether oxygens (including phenoxy) is 1. The van der Waals surface area contributed by atoms with Crippen LogP contribution >= 0.6 is 0 Å². The fraction of sp³-hybridized carbons (Fsp3) is 0.667. The predicted molar refractivity (Wildman–Crippen MR) is 83.2 cm³/mol. The van der Waals surface area contributed by atoms with Crippen LogP contribution in [-0.2, 0) is 6.42 Å². The normalized spacial score (nSPS) is 30.8. The molecule has 1 heterocycles. The van der Waals surface area contributed by atoms with Crippen LogP contribution in [0.1, 0.15) is 37.7 Å². The number of nitrogens with zero attached hydrogens (tertiary/aromatic N) is 1. The van der Waals surface area contributed by atoms with E-state index in [1.807, 2.05) is 0 Å². The predicted octanol–water partition coefficient (Wildman–Crippen LogP) is 3.75. The summed E-state index contributed by atoms with van der Waals surface area (Å²) in [5.74, 6) is 2.87. The summed E-state index contributed by atoms with van der Waals surface area (Å²) in [6.45, 7) is 1.28. The Balaban J connectivity index is 1.72. The molecule has 0 radical (unpaired) electrons. The van der Waals surface area contributed by atoms with Gasteiger partial charge in [0, 0.05) is 6.04 Å². The molecular weight excluding hydrogens is 246 g/mol. The van der Waals surface area contributed by atoms with Crippen LogP contribution in [0.3, 0.4) is 0 Å². The van der Waals surface area contributed by atoms with E-state index in [1.54, 1.807) is 7.11 Å². The lowest BCUT2D eigenvalue weighted by molar-refractivity contribution is 0.0410. The molecule has 1 aliphatic carbocycles. The van der Waals surface area contributed by atoms with Gasteiger partial charge >= 0.3 is 0 Å². The average Bonchev–Trinajstić information content (AvgIpc) is 2.51. The van der Waals surface area contributed by atoms with Crippen LogP contribution in [-0.4, -0.2) is 31.6 Å². The Morgan fingerprint density at radius 1 is 1.10 bits per heavy atom.